The summed E-state index contributed by atoms with van der Waals surface area (Å²) >= 11 is 0. The topological polar surface area (TPSA) is 56.7 Å². The molecule has 2 fully saturated rings. The van der Waals surface area contributed by atoms with Gasteiger partial charge in [-0.15, -0.1) is 10.2 Å². The van der Waals surface area contributed by atoms with Gasteiger partial charge in [0.25, 0.3) is 0 Å². The van der Waals surface area contributed by atoms with Crippen molar-refractivity contribution in [1.82, 2.24) is 14.8 Å². The molecule has 2 N–H and O–H groups in total. The Labute approximate surface area is 103 Å². The van der Waals surface area contributed by atoms with Crippen molar-refractivity contribution in [2.24, 2.45) is 5.73 Å². The largest absolute Gasteiger partial charge is 0.327 e. The lowest BCUT2D eigenvalue weighted by Gasteiger charge is -2.21. The van der Waals surface area contributed by atoms with Gasteiger partial charge < -0.3 is 10.3 Å². The van der Waals surface area contributed by atoms with Gasteiger partial charge in [0.2, 0.25) is 0 Å². The molecule has 2 aliphatic rings. The Morgan fingerprint density at radius 3 is 2.59 bits per heavy atom. The lowest BCUT2D eigenvalue weighted by molar-refractivity contribution is 0.460. The molecule has 1 aromatic rings. The summed E-state index contributed by atoms with van der Waals surface area (Å²) in [6.45, 7) is 2.07. The Morgan fingerprint density at radius 2 is 1.82 bits per heavy atom. The zero-order chi connectivity index (χ0) is 11.8. The van der Waals surface area contributed by atoms with Gasteiger partial charge in [-0.1, -0.05) is 19.3 Å². The normalized spacial score (nSPS) is 30.2. The smallest absolute Gasteiger partial charge is 0.137 e. The van der Waals surface area contributed by atoms with Crippen molar-refractivity contribution in [3.05, 3.63) is 11.6 Å². The van der Waals surface area contributed by atoms with Crippen LogP contribution in [0, 0.1) is 6.92 Å². The Kier molecular flexibility index (Phi) is 2.90. The third kappa shape index (κ3) is 2.10. The molecule has 2 aliphatic carbocycles. The van der Waals surface area contributed by atoms with Gasteiger partial charge in [0.05, 0.1) is 0 Å². The van der Waals surface area contributed by atoms with Crippen LogP contribution in [0.5, 0.6) is 0 Å². The second-order valence-electron chi connectivity index (χ2n) is 5.61. The van der Waals surface area contributed by atoms with Gasteiger partial charge in [-0.25, -0.2) is 0 Å². The van der Waals surface area contributed by atoms with Gasteiger partial charge in [0.1, 0.15) is 11.6 Å². The molecule has 0 aromatic carbocycles. The molecule has 0 bridgehead atoms. The molecule has 1 aromatic heterocycles. The van der Waals surface area contributed by atoms with Crippen molar-refractivity contribution in [3.63, 3.8) is 0 Å². The lowest BCUT2D eigenvalue weighted by Crippen LogP contribution is -2.29. The predicted octanol–water partition coefficient (Wildman–Crippen LogP) is 2.30. The number of hydrogen-bond acceptors (Lipinski definition) is 3. The fourth-order valence-corrected chi connectivity index (χ4v) is 3.08. The lowest BCUT2D eigenvalue weighted by atomic mass is 9.94. The van der Waals surface area contributed by atoms with Gasteiger partial charge in [0, 0.05) is 18.0 Å². The number of rotatable bonds is 2. The molecular weight excluding hydrogens is 212 g/mol. The molecule has 0 amide bonds. The minimum Gasteiger partial charge on any atom is -0.327 e. The SMILES string of the molecule is Cc1nnc(C2CCCCCC2N)n1C1CC1. The molecule has 2 saturated carbocycles. The Morgan fingerprint density at radius 1 is 1.06 bits per heavy atom. The van der Waals surface area contributed by atoms with Crippen LogP contribution < -0.4 is 5.73 Å². The maximum absolute atomic E-state index is 6.33. The van der Waals surface area contributed by atoms with E-state index in [1.54, 1.807) is 0 Å². The highest BCUT2D eigenvalue weighted by atomic mass is 15.3. The van der Waals surface area contributed by atoms with Crippen molar-refractivity contribution in [2.75, 3.05) is 0 Å². The summed E-state index contributed by atoms with van der Waals surface area (Å²) < 4.78 is 2.36. The average Bonchev–Trinajstić information content (AvgIpc) is 3.09. The van der Waals surface area contributed by atoms with E-state index >= 15 is 0 Å². The summed E-state index contributed by atoms with van der Waals surface area (Å²) in [5.74, 6) is 2.66. The second kappa shape index (κ2) is 4.41. The molecule has 0 saturated heterocycles. The Bertz CT molecular complexity index is 394. The van der Waals surface area contributed by atoms with Gasteiger partial charge >= 0.3 is 0 Å². The third-order valence-corrected chi connectivity index (χ3v) is 4.21. The van der Waals surface area contributed by atoms with Crippen LogP contribution in [0.1, 0.15) is 68.6 Å². The maximum Gasteiger partial charge on any atom is 0.137 e. The van der Waals surface area contributed by atoms with Crippen molar-refractivity contribution in [1.29, 1.82) is 0 Å². The number of aromatic nitrogens is 3. The Hall–Kier alpha value is -0.900. The first-order valence-corrected chi connectivity index (χ1v) is 6.94. The molecule has 17 heavy (non-hydrogen) atoms. The van der Waals surface area contributed by atoms with Gasteiger partial charge in [-0.3, -0.25) is 0 Å². The van der Waals surface area contributed by atoms with Gasteiger partial charge in [-0.05, 0) is 32.6 Å². The Balaban J connectivity index is 1.91. The number of aryl methyl sites for hydroxylation is 1. The molecule has 4 nitrogen and oxygen atoms in total. The van der Waals surface area contributed by atoms with Crippen LogP contribution in [0.25, 0.3) is 0 Å². The highest BCUT2D eigenvalue weighted by Crippen LogP contribution is 2.40. The maximum atomic E-state index is 6.33. The monoisotopic (exact) mass is 234 g/mol. The van der Waals surface area contributed by atoms with E-state index in [4.69, 9.17) is 5.73 Å². The summed E-state index contributed by atoms with van der Waals surface area (Å²) in [6.07, 6.45) is 8.78. The summed E-state index contributed by atoms with van der Waals surface area (Å²) in [6, 6.07) is 0.939. The van der Waals surface area contributed by atoms with Crippen LogP contribution in [0.3, 0.4) is 0 Å². The molecule has 0 aliphatic heterocycles. The van der Waals surface area contributed by atoms with Crippen LogP contribution in [-0.2, 0) is 0 Å². The zero-order valence-corrected chi connectivity index (χ0v) is 10.6. The average molecular weight is 234 g/mol. The predicted molar refractivity (Wildman–Crippen MR) is 66.8 cm³/mol. The molecule has 94 valence electrons. The van der Waals surface area contributed by atoms with E-state index in [0.717, 1.165) is 12.2 Å². The molecule has 4 heteroatoms. The van der Waals surface area contributed by atoms with Crippen molar-refractivity contribution >= 4 is 0 Å². The zero-order valence-electron chi connectivity index (χ0n) is 10.6. The molecule has 3 rings (SSSR count). The van der Waals surface area contributed by atoms with Crippen molar-refractivity contribution < 1.29 is 0 Å². The molecule has 0 radical (unpaired) electrons. The van der Waals surface area contributed by atoms with Gasteiger partial charge in [-0.2, -0.15) is 0 Å². The highest BCUT2D eigenvalue weighted by molar-refractivity contribution is 5.09. The fraction of sp³-hybridized carbons (Fsp3) is 0.846. The van der Waals surface area contributed by atoms with Crippen molar-refractivity contribution in [2.45, 2.75) is 69.9 Å². The number of nitrogens with two attached hydrogens (primary N) is 1. The first-order valence-electron chi connectivity index (χ1n) is 6.94. The molecule has 2 atom stereocenters. The first kappa shape index (κ1) is 11.2. The molecule has 2 unspecified atom stereocenters. The summed E-state index contributed by atoms with van der Waals surface area (Å²) in [7, 11) is 0. The summed E-state index contributed by atoms with van der Waals surface area (Å²) in [5, 5.41) is 8.70. The number of nitrogens with zero attached hydrogens (tertiary/aromatic N) is 3. The van der Waals surface area contributed by atoms with E-state index in [2.05, 4.69) is 21.7 Å². The standard InChI is InChI=1S/C13H22N4/c1-9-15-16-13(17(9)10-7-8-10)11-5-3-2-4-6-12(11)14/h10-12H,2-8,14H2,1H3. The van der Waals surface area contributed by atoms with Gasteiger partial charge in [0.15, 0.2) is 0 Å². The second-order valence-corrected chi connectivity index (χ2v) is 5.61. The van der Waals surface area contributed by atoms with Crippen LogP contribution in [0.4, 0.5) is 0 Å². The van der Waals surface area contributed by atoms with Crippen molar-refractivity contribution in [3.8, 4) is 0 Å². The van der Waals surface area contributed by atoms with E-state index in [1.807, 2.05) is 0 Å². The van der Waals surface area contributed by atoms with E-state index in [0.29, 0.717) is 12.0 Å². The third-order valence-electron chi connectivity index (χ3n) is 4.21. The molecular formula is C13H22N4. The van der Waals surface area contributed by atoms with Crippen LogP contribution in [0.15, 0.2) is 0 Å². The minimum atomic E-state index is 0.276. The summed E-state index contributed by atoms with van der Waals surface area (Å²) in [5.41, 5.74) is 6.33. The summed E-state index contributed by atoms with van der Waals surface area (Å²) in [4.78, 5) is 0. The quantitative estimate of drug-likeness (QED) is 0.799. The first-order chi connectivity index (χ1) is 8.27. The van der Waals surface area contributed by atoms with E-state index in [9.17, 15) is 0 Å². The van der Waals surface area contributed by atoms with Crippen LogP contribution in [0.2, 0.25) is 0 Å². The van der Waals surface area contributed by atoms with E-state index in [-0.39, 0.29) is 6.04 Å². The van der Waals surface area contributed by atoms with Crippen LogP contribution in [-0.4, -0.2) is 20.8 Å². The van der Waals surface area contributed by atoms with E-state index in [1.165, 1.54) is 44.3 Å². The fourth-order valence-electron chi connectivity index (χ4n) is 3.08. The highest BCUT2D eigenvalue weighted by Gasteiger charge is 2.33. The minimum absolute atomic E-state index is 0.276. The van der Waals surface area contributed by atoms with E-state index < -0.39 is 0 Å². The number of hydrogen-bond donors (Lipinski definition) is 1. The molecule has 0 spiro atoms. The van der Waals surface area contributed by atoms with Crippen LogP contribution >= 0.6 is 0 Å². The molecule has 1 heterocycles.